The monoisotopic (exact) mass is 1800 g/mol. The summed E-state index contributed by atoms with van der Waals surface area (Å²) in [5.41, 5.74) is 30.3. The number of amides is 2. The summed E-state index contributed by atoms with van der Waals surface area (Å²) in [6.45, 7) is 66.8. The molecule has 0 radical (unpaired) electrons. The number of nitrogens with one attached hydrogen (secondary N) is 4. The fraction of sp³-hybridized carbons (Fsp3) is 0.450. The van der Waals surface area contributed by atoms with Gasteiger partial charge in [0.1, 0.15) is 6.54 Å². The van der Waals surface area contributed by atoms with Crippen molar-refractivity contribution in [3.63, 3.8) is 0 Å². The van der Waals surface area contributed by atoms with Crippen molar-refractivity contribution in [3.05, 3.63) is 297 Å². The van der Waals surface area contributed by atoms with E-state index in [0.717, 1.165) is 60.2 Å². The Labute approximate surface area is 803 Å². The predicted octanol–water partition coefficient (Wildman–Crippen LogP) is 27.8. The van der Waals surface area contributed by atoms with Gasteiger partial charge in [0, 0.05) is 146 Å². The molecule has 4 N–H and O–H groups in total. The molecule has 9 aromatic carbocycles. The Morgan fingerprint density at radius 1 is 0.396 bits per heavy atom. The topological polar surface area (TPSA) is 143 Å². The summed E-state index contributed by atoms with van der Waals surface area (Å²) >= 11 is 0. The van der Waals surface area contributed by atoms with Crippen LogP contribution in [-0.2, 0) is 89.2 Å². The minimum Gasteiger partial charge on any atom is -0.384 e. The van der Waals surface area contributed by atoms with Gasteiger partial charge in [0.25, 0.3) is 5.91 Å². The summed E-state index contributed by atoms with van der Waals surface area (Å²) in [6.07, 6.45) is 14.3. The number of likely N-dealkylation sites (N-methyl/N-ethyl adjacent to an activating group) is 2. The van der Waals surface area contributed by atoms with Crippen LogP contribution in [0.1, 0.15) is 301 Å². The van der Waals surface area contributed by atoms with Crippen molar-refractivity contribution in [1.29, 1.82) is 0 Å². The lowest BCUT2D eigenvalue weighted by molar-refractivity contribution is -0.128. The maximum Gasteiger partial charge on any atom is 0.250 e. The maximum absolute atomic E-state index is 12.5. The Morgan fingerprint density at radius 2 is 0.791 bits per heavy atom. The molecule has 712 valence electrons. The molecule has 2 aliphatic carbocycles. The van der Waals surface area contributed by atoms with E-state index in [0.29, 0.717) is 10.8 Å². The van der Waals surface area contributed by atoms with Gasteiger partial charge in [0.15, 0.2) is 0 Å². The van der Waals surface area contributed by atoms with Gasteiger partial charge in [-0.1, -0.05) is 307 Å². The van der Waals surface area contributed by atoms with Gasteiger partial charge in [-0.3, -0.25) is 28.3 Å². The zero-order chi connectivity index (χ0) is 98.2. The molecule has 6 aliphatic rings. The molecule has 2 fully saturated rings. The molecular weight excluding hydrogens is 1650 g/mol. The lowest BCUT2D eigenvalue weighted by Crippen LogP contribution is -2.38. The molecule has 4 aliphatic heterocycles. The highest BCUT2D eigenvalue weighted by Crippen LogP contribution is 2.58. The molecule has 4 aromatic heterocycles. The summed E-state index contributed by atoms with van der Waals surface area (Å²) in [4.78, 5) is 51.0. The van der Waals surface area contributed by atoms with E-state index in [9.17, 15) is 19.2 Å². The first-order valence-electron chi connectivity index (χ1n) is 48.8. The molecule has 8 heterocycles. The number of hydrogen-bond acceptors (Lipinski definition) is 8. The van der Waals surface area contributed by atoms with Gasteiger partial charge in [-0.2, -0.15) is 0 Å². The summed E-state index contributed by atoms with van der Waals surface area (Å²) in [7, 11) is 5.44. The van der Waals surface area contributed by atoms with E-state index in [4.69, 9.17) is 0 Å². The van der Waals surface area contributed by atoms with Gasteiger partial charge in [0.05, 0.1) is 17.6 Å². The van der Waals surface area contributed by atoms with Crippen LogP contribution in [-0.4, -0.2) is 100 Å². The van der Waals surface area contributed by atoms with Gasteiger partial charge in [-0.25, -0.2) is 0 Å². The van der Waals surface area contributed by atoms with Crippen molar-refractivity contribution in [3.8, 4) is 0 Å². The molecular formula is C120H158N10O4. The largest absolute Gasteiger partial charge is 0.384 e. The van der Waals surface area contributed by atoms with Gasteiger partial charge in [0.2, 0.25) is 17.7 Å². The molecule has 14 heteroatoms. The third-order valence-corrected chi connectivity index (χ3v) is 27.8. The number of aryl methyl sites for hydroxylation is 1. The normalized spacial score (nSPS) is 15.1. The highest BCUT2D eigenvalue weighted by Gasteiger charge is 2.53. The Hall–Kier alpha value is -11.2. The third-order valence-electron chi connectivity index (χ3n) is 27.8. The number of hydrogen-bond donors (Lipinski definition) is 4. The zero-order valence-corrected chi connectivity index (χ0v) is 87.2. The maximum atomic E-state index is 12.5. The molecule has 19 rings (SSSR count). The van der Waals surface area contributed by atoms with E-state index in [1.807, 2.05) is 29.3 Å². The molecule has 0 unspecified atom stereocenters. The second-order valence-corrected chi connectivity index (χ2v) is 47.6. The Kier molecular flexibility index (Phi) is 29.8. The number of carbonyl (C=O) groups excluding carboxylic acids is 4. The molecule has 2 saturated carbocycles. The standard InChI is InChI=1S/C19H21N.C18H25N3O2.C16H21NO.C14H17NO.C14H19N.C14H21N.C13H17N.C12H17N/c1-19(2,3)17-10-9-16-11-12-20(18(16)13-17)14-15-7-5-4-6-8-15;1-18(2,3)14-7-6-13-8-9-21(15(13)10-14)17(23)12-20(5)16(22)11-19-4;1-11(18)17-10-16(7-8-16)13-6-5-12(9-14(13)17)15(2,3)4;1-10(16)15-8-7-11-5-6-12(9-13(11)15)14(2,3)4;1-13(2,3)10-4-5-11-12(8-10)15-9-14(11)6-7-14;1-13(2,3)10-6-7-11-12(8-10)15-9-14(11,4)5;1-13(2,3)11-6-5-10-7-8-14(4)12(10)9-11;1-12(2,3)10-5-4-9-6-7-13-11(9)8-10/h4-13H,14H2,1-3H3;6-10,19H,11-12H2,1-5H3;5-6,9H,7-8,10H2,1-4H3;5-9H,1-4H3;4-5,8,15H,6-7,9H2,1-3H3;6-8,15H,9H2,1-5H3;5-9H,1-4H3;4-5,8,13H,6-7H2,1-3H3. The summed E-state index contributed by atoms with van der Waals surface area (Å²) < 4.78 is 7.84. The number of aromatic nitrogens is 4. The lowest BCUT2D eigenvalue weighted by atomic mass is 9.82. The van der Waals surface area contributed by atoms with Crippen LogP contribution < -0.4 is 26.2 Å². The summed E-state index contributed by atoms with van der Waals surface area (Å²) in [5.74, 6) is 0.0119. The van der Waals surface area contributed by atoms with Gasteiger partial charge in [-0.05, 0) is 238 Å². The number of anilines is 4. The Morgan fingerprint density at radius 3 is 1.28 bits per heavy atom. The van der Waals surface area contributed by atoms with Crippen LogP contribution in [0.15, 0.2) is 225 Å². The molecule has 0 saturated heterocycles. The molecule has 134 heavy (non-hydrogen) atoms. The third kappa shape index (κ3) is 24.3. The van der Waals surface area contributed by atoms with Crippen LogP contribution in [0.2, 0.25) is 0 Å². The summed E-state index contributed by atoms with van der Waals surface area (Å²) in [6, 6.07) is 72.3. The lowest BCUT2D eigenvalue weighted by Gasteiger charge is -2.22. The molecule has 13 aromatic rings. The smallest absolute Gasteiger partial charge is 0.250 e. The number of benzene rings is 9. The van der Waals surface area contributed by atoms with Gasteiger partial charge in [-0.15, -0.1) is 0 Å². The predicted molar refractivity (Wildman–Crippen MR) is 570 cm³/mol. The second kappa shape index (κ2) is 39.2. The highest BCUT2D eigenvalue weighted by molar-refractivity contribution is 5.97. The first kappa shape index (κ1) is 102. The average molecular weight is 1800 g/mol. The minimum atomic E-state index is -0.113. The Bertz CT molecular complexity index is 6300. The molecule has 14 nitrogen and oxygen atoms in total. The van der Waals surface area contributed by atoms with E-state index in [1.165, 1.54) is 143 Å². The minimum absolute atomic E-state index is 0.0197. The number of rotatable bonds is 6. The number of carbonyl (C=O) groups is 4. The number of nitrogens with zero attached hydrogens (tertiary/aromatic N) is 6. The molecule has 2 amide bonds. The van der Waals surface area contributed by atoms with E-state index in [1.54, 1.807) is 48.8 Å². The fourth-order valence-corrected chi connectivity index (χ4v) is 18.1. The van der Waals surface area contributed by atoms with Crippen molar-refractivity contribution in [1.82, 2.24) is 28.5 Å². The molecule has 0 bridgehead atoms. The van der Waals surface area contributed by atoms with E-state index >= 15 is 0 Å². The van der Waals surface area contributed by atoms with Gasteiger partial charge >= 0.3 is 0 Å². The summed E-state index contributed by atoms with van der Waals surface area (Å²) in [5, 5.41) is 18.1. The SMILES string of the molecule is CC(=O)N1CC2(CC2)c2ccc(C(C)(C)C)cc21.CC(=O)n1ccc2ccc(C(C)(C)C)cc21.CC(C)(C)c1ccc2c(c1)NCC2.CC(C)(C)c1ccc2c(c1)NCC2(C)C.CC(C)(C)c1ccc2c(c1)NCC21CC1.CC(C)(C)c1ccc2ccn(Cc3ccccc3)c2c1.CNCC(=O)N(C)CC(=O)n1ccc2ccc(C(C)(C)C)cc21.Cn1ccc2ccc(C(C)(C)C)cc21. The fourth-order valence-electron chi connectivity index (χ4n) is 18.1. The first-order valence-corrected chi connectivity index (χ1v) is 48.8. The van der Waals surface area contributed by atoms with Crippen LogP contribution in [0.4, 0.5) is 22.7 Å². The van der Waals surface area contributed by atoms with Crippen molar-refractivity contribution in [2.24, 2.45) is 7.05 Å². The highest BCUT2D eigenvalue weighted by atomic mass is 16.2. The average Bonchev–Trinajstić information content (AvgIpc) is 1.56. The van der Waals surface area contributed by atoms with E-state index in [2.05, 4.69) is 412 Å². The quantitative estimate of drug-likeness (QED) is 0.129. The van der Waals surface area contributed by atoms with Crippen molar-refractivity contribution in [2.75, 3.05) is 74.2 Å². The van der Waals surface area contributed by atoms with Crippen LogP contribution >= 0.6 is 0 Å². The van der Waals surface area contributed by atoms with Crippen molar-refractivity contribution < 1.29 is 19.2 Å². The van der Waals surface area contributed by atoms with Gasteiger partial charge < -0.3 is 40.2 Å². The van der Waals surface area contributed by atoms with Crippen LogP contribution in [0.25, 0.3) is 43.6 Å². The molecule has 0 atom stereocenters. The van der Waals surface area contributed by atoms with Crippen LogP contribution in [0, 0.1) is 0 Å². The Balaban J connectivity index is 0.000000139. The number of fused-ring (bicyclic) bond motifs is 10. The van der Waals surface area contributed by atoms with Crippen molar-refractivity contribution in [2.45, 2.75) is 292 Å². The van der Waals surface area contributed by atoms with E-state index in [-0.39, 0.29) is 85.5 Å². The second-order valence-electron chi connectivity index (χ2n) is 47.6. The molecule has 2 spiro atoms. The zero-order valence-electron chi connectivity index (χ0n) is 87.2. The van der Waals surface area contributed by atoms with E-state index < -0.39 is 0 Å². The van der Waals surface area contributed by atoms with Crippen LogP contribution in [0.5, 0.6) is 0 Å². The van der Waals surface area contributed by atoms with Crippen molar-refractivity contribution >= 4 is 90.0 Å². The van der Waals surface area contributed by atoms with Crippen LogP contribution in [0.3, 0.4) is 0 Å². The first-order chi connectivity index (χ1) is 62.4.